The summed E-state index contributed by atoms with van der Waals surface area (Å²) in [7, 11) is 0. The number of aliphatic hydroxyl groups is 4. The van der Waals surface area contributed by atoms with Crippen molar-refractivity contribution in [1.29, 1.82) is 0 Å². The normalized spacial score (nSPS) is 29.6. The molecule has 5 atom stereocenters. The van der Waals surface area contributed by atoms with E-state index in [9.17, 15) is 25.5 Å². The van der Waals surface area contributed by atoms with E-state index in [1.165, 1.54) is 0 Å². The van der Waals surface area contributed by atoms with Gasteiger partial charge in [0.05, 0.1) is 0 Å². The molecule has 2 aromatic carbocycles. The molecule has 0 aromatic heterocycles. The monoisotopic (exact) mass is 366 g/mol. The molecule has 1 aliphatic rings. The van der Waals surface area contributed by atoms with Crippen LogP contribution in [0.25, 0.3) is 0 Å². The molecular formula is C18H19ClO6. The fourth-order valence-electron chi connectivity index (χ4n) is 2.88. The number of ether oxygens (including phenoxy) is 1. The van der Waals surface area contributed by atoms with E-state index in [1.807, 2.05) is 0 Å². The van der Waals surface area contributed by atoms with Crippen molar-refractivity contribution in [3.8, 4) is 5.75 Å². The standard InChI is InChI=1S/C18H19ClO6/c19-13-6-3-10(17-15(22)14(21)16(23)18(24)25-17)8-11(13)7-9-1-4-12(20)5-2-9/h1-6,8,14-18,20-24H,7H2/t14-,15-,16+,17+,18?/m1/s1. The van der Waals surface area contributed by atoms with Crippen LogP contribution >= 0.6 is 11.6 Å². The summed E-state index contributed by atoms with van der Waals surface area (Å²) in [6.45, 7) is 0. The largest absolute Gasteiger partial charge is 0.508 e. The topological polar surface area (TPSA) is 110 Å². The van der Waals surface area contributed by atoms with E-state index in [-0.39, 0.29) is 5.75 Å². The van der Waals surface area contributed by atoms with Gasteiger partial charge in [0.15, 0.2) is 6.29 Å². The summed E-state index contributed by atoms with van der Waals surface area (Å²) in [5.41, 5.74) is 2.21. The lowest BCUT2D eigenvalue weighted by atomic mass is 9.92. The predicted octanol–water partition coefficient (Wildman–Crippen LogP) is 1.11. The zero-order chi connectivity index (χ0) is 18.1. The number of phenolic OH excluding ortho intramolecular Hbond substituents is 1. The first-order valence-corrected chi connectivity index (χ1v) is 8.18. The van der Waals surface area contributed by atoms with Gasteiger partial charge in [0.25, 0.3) is 0 Å². The highest BCUT2D eigenvalue weighted by molar-refractivity contribution is 6.31. The van der Waals surface area contributed by atoms with Crippen LogP contribution in [0.2, 0.25) is 5.02 Å². The van der Waals surface area contributed by atoms with Crippen molar-refractivity contribution in [2.45, 2.75) is 37.1 Å². The van der Waals surface area contributed by atoms with Crippen LogP contribution < -0.4 is 0 Å². The first-order valence-electron chi connectivity index (χ1n) is 7.81. The summed E-state index contributed by atoms with van der Waals surface area (Å²) in [6.07, 6.45) is -6.59. The van der Waals surface area contributed by atoms with Crippen LogP contribution in [0.4, 0.5) is 0 Å². The lowest BCUT2D eigenvalue weighted by molar-refractivity contribution is -0.284. The highest BCUT2D eigenvalue weighted by atomic mass is 35.5. The molecule has 0 bridgehead atoms. The summed E-state index contributed by atoms with van der Waals surface area (Å²) in [4.78, 5) is 0. The Morgan fingerprint density at radius 1 is 0.880 bits per heavy atom. The van der Waals surface area contributed by atoms with Crippen LogP contribution in [-0.2, 0) is 11.2 Å². The second-order valence-electron chi connectivity index (χ2n) is 6.11. The summed E-state index contributed by atoms with van der Waals surface area (Å²) in [6, 6.07) is 11.7. The van der Waals surface area contributed by atoms with E-state index in [0.29, 0.717) is 17.0 Å². The van der Waals surface area contributed by atoms with E-state index >= 15 is 0 Å². The van der Waals surface area contributed by atoms with Gasteiger partial charge in [-0.3, -0.25) is 0 Å². The molecule has 1 saturated heterocycles. The Kier molecular flexibility index (Phi) is 5.29. The van der Waals surface area contributed by atoms with Gasteiger partial charge in [-0.05, 0) is 41.3 Å². The molecule has 1 heterocycles. The molecule has 7 heteroatoms. The first-order chi connectivity index (χ1) is 11.9. The van der Waals surface area contributed by atoms with Crippen molar-refractivity contribution in [2.24, 2.45) is 0 Å². The molecule has 2 aromatic rings. The van der Waals surface area contributed by atoms with E-state index in [0.717, 1.165) is 11.1 Å². The number of aromatic hydroxyl groups is 1. The number of hydrogen-bond donors (Lipinski definition) is 5. The average molecular weight is 367 g/mol. The molecule has 1 unspecified atom stereocenters. The predicted molar refractivity (Wildman–Crippen MR) is 90.2 cm³/mol. The van der Waals surface area contributed by atoms with Gasteiger partial charge >= 0.3 is 0 Å². The Morgan fingerprint density at radius 3 is 2.24 bits per heavy atom. The Hall–Kier alpha value is -1.67. The molecule has 6 nitrogen and oxygen atoms in total. The second kappa shape index (κ2) is 7.29. The number of halogens is 1. The molecule has 25 heavy (non-hydrogen) atoms. The molecule has 0 saturated carbocycles. The smallest absolute Gasteiger partial charge is 0.184 e. The van der Waals surface area contributed by atoms with Crippen molar-refractivity contribution in [3.63, 3.8) is 0 Å². The number of benzene rings is 2. The van der Waals surface area contributed by atoms with Crippen LogP contribution in [0.5, 0.6) is 5.75 Å². The highest BCUT2D eigenvalue weighted by Gasteiger charge is 2.43. The number of phenols is 1. The second-order valence-corrected chi connectivity index (χ2v) is 6.52. The molecule has 5 N–H and O–H groups in total. The lowest BCUT2D eigenvalue weighted by Gasteiger charge is -2.38. The van der Waals surface area contributed by atoms with E-state index in [2.05, 4.69) is 0 Å². The molecule has 1 aliphatic heterocycles. The number of hydrogen-bond acceptors (Lipinski definition) is 6. The van der Waals surface area contributed by atoms with Crippen molar-refractivity contribution in [1.82, 2.24) is 0 Å². The van der Waals surface area contributed by atoms with Crippen molar-refractivity contribution >= 4 is 11.6 Å². The van der Waals surface area contributed by atoms with Gasteiger partial charge in [0.2, 0.25) is 0 Å². The molecule has 3 rings (SSSR count). The van der Waals surface area contributed by atoms with Gasteiger partial charge in [-0.25, -0.2) is 0 Å². The van der Waals surface area contributed by atoms with Gasteiger partial charge in [-0.2, -0.15) is 0 Å². The van der Waals surface area contributed by atoms with Crippen LogP contribution in [0.15, 0.2) is 42.5 Å². The number of rotatable bonds is 3. The Morgan fingerprint density at radius 2 is 1.56 bits per heavy atom. The van der Waals surface area contributed by atoms with Gasteiger partial charge in [0.1, 0.15) is 30.2 Å². The van der Waals surface area contributed by atoms with E-state index < -0.39 is 30.7 Å². The molecule has 0 spiro atoms. The van der Waals surface area contributed by atoms with Crippen molar-refractivity contribution < 1.29 is 30.3 Å². The van der Waals surface area contributed by atoms with Gasteiger partial charge < -0.3 is 30.3 Å². The maximum Gasteiger partial charge on any atom is 0.184 e. The lowest BCUT2D eigenvalue weighted by Crippen LogP contribution is -2.54. The van der Waals surface area contributed by atoms with E-state index in [4.69, 9.17) is 16.3 Å². The summed E-state index contributed by atoms with van der Waals surface area (Å²) in [5, 5.41) is 49.1. The van der Waals surface area contributed by atoms with E-state index in [1.54, 1.807) is 42.5 Å². The van der Waals surface area contributed by atoms with Gasteiger partial charge in [0, 0.05) is 5.02 Å². The molecule has 1 fully saturated rings. The third-order valence-corrected chi connectivity index (χ3v) is 4.69. The van der Waals surface area contributed by atoms with Crippen LogP contribution in [-0.4, -0.2) is 50.1 Å². The third kappa shape index (κ3) is 3.79. The minimum atomic E-state index is -1.60. The Bertz CT molecular complexity index is 735. The van der Waals surface area contributed by atoms with Gasteiger partial charge in [-0.1, -0.05) is 35.9 Å². The first kappa shape index (κ1) is 18.1. The van der Waals surface area contributed by atoms with Crippen LogP contribution in [0.1, 0.15) is 22.8 Å². The molecule has 134 valence electrons. The van der Waals surface area contributed by atoms with Gasteiger partial charge in [-0.15, -0.1) is 0 Å². The maximum absolute atomic E-state index is 10.2. The maximum atomic E-state index is 10.2. The van der Waals surface area contributed by atoms with Crippen molar-refractivity contribution in [3.05, 3.63) is 64.2 Å². The zero-order valence-corrected chi connectivity index (χ0v) is 13.9. The average Bonchev–Trinajstić information content (AvgIpc) is 2.60. The fourth-order valence-corrected chi connectivity index (χ4v) is 3.06. The number of aliphatic hydroxyl groups excluding tert-OH is 4. The summed E-state index contributed by atoms with van der Waals surface area (Å²) < 4.78 is 5.25. The summed E-state index contributed by atoms with van der Waals surface area (Å²) >= 11 is 6.24. The van der Waals surface area contributed by atoms with Crippen molar-refractivity contribution in [2.75, 3.05) is 0 Å². The zero-order valence-electron chi connectivity index (χ0n) is 13.2. The summed E-state index contributed by atoms with van der Waals surface area (Å²) in [5.74, 6) is 0.170. The quantitative estimate of drug-likeness (QED) is 0.556. The SMILES string of the molecule is Oc1ccc(Cc2cc([C@@H]3OC(O)[C@@H](O)[C@H](O)[C@H]3O)ccc2Cl)cc1. The van der Waals surface area contributed by atoms with Crippen LogP contribution in [0.3, 0.4) is 0 Å². The van der Waals surface area contributed by atoms with Crippen LogP contribution in [0, 0.1) is 0 Å². The fraction of sp³-hybridized carbons (Fsp3) is 0.333. The Balaban J connectivity index is 1.87. The molecule has 0 aliphatic carbocycles. The third-order valence-electron chi connectivity index (χ3n) is 4.32. The molecular weight excluding hydrogens is 348 g/mol. The minimum absolute atomic E-state index is 0.170. The Labute approximate surface area is 149 Å². The molecule has 0 radical (unpaired) electrons. The minimum Gasteiger partial charge on any atom is -0.508 e. The molecule has 0 amide bonds. The highest BCUT2D eigenvalue weighted by Crippen LogP contribution is 2.33.